The van der Waals surface area contributed by atoms with Crippen molar-refractivity contribution in [2.24, 2.45) is 0 Å². The van der Waals surface area contributed by atoms with E-state index in [0.717, 1.165) is 41.9 Å². The lowest BCUT2D eigenvalue weighted by molar-refractivity contribution is -0.121. The number of amides is 1. The Balaban J connectivity index is 1.55. The van der Waals surface area contributed by atoms with E-state index in [4.69, 9.17) is 0 Å². The predicted octanol–water partition coefficient (Wildman–Crippen LogP) is 4.32. The van der Waals surface area contributed by atoms with Crippen LogP contribution in [0.25, 0.3) is 10.9 Å². The fourth-order valence-corrected chi connectivity index (χ4v) is 3.68. The Bertz CT molecular complexity index is 996. The normalized spacial score (nSPS) is 16.5. The smallest absolute Gasteiger partial charge is 0.225 e. The number of aromatic amines is 1. The van der Waals surface area contributed by atoms with Crippen molar-refractivity contribution in [3.63, 3.8) is 0 Å². The number of hydrogen-bond donors (Lipinski definition) is 2. The van der Waals surface area contributed by atoms with Crippen molar-refractivity contribution in [3.8, 4) is 0 Å². The van der Waals surface area contributed by atoms with Crippen LogP contribution < -0.4 is 5.32 Å². The summed E-state index contributed by atoms with van der Waals surface area (Å²) in [6.45, 7) is 0. The molecule has 1 aromatic heterocycles. The third-order valence-corrected chi connectivity index (χ3v) is 4.89. The molecule has 2 aromatic carbocycles. The number of para-hydroxylation sites is 1. The number of nitrogens with one attached hydrogen (secondary N) is 2. The van der Waals surface area contributed by atoms with Crippen molar-refractivity contribution in [3.05, 3.63) is 70.7 Å². The summed E-state index contributed by atoms with van der Waals surface area (Å²) < 4.78 is 40.1. The molecule has 0 spiro atoms. The zero-order valence-corrected chi connectivity index (χ0v) is 13.9. The minimum atomic E-state index is -1.26. The van der Waals surface area contributed by atoms with E-state index in [2.05, 4.69) is 10.3 Å². The summed E-state index contributed by atoms with van der Waals surface area (Å²) in [5.74, 6) is -3.77. The molecule has 0 aliphatic heterocycles. The number of hydrogen-bond acceptors (Lipinski definition) is 1. The average molecular weight is 358 g/mol. The molecular formula is C20H17F3N2O. The van der Waals surface area contributed by atoms with Crippen LogP contribution in [0.15, 0.2) is 36.4 Å². The molecule has 1 heterocycles. The molecular weight excluding hydrogens is 341 g/mol. The highest BCUT2D eigenvalue weighted by atomic mass is 19.2. The number of fused-ring (bicyclic) bond motifs is 3. The van der Waals surface area contributed by atoms with Gasteiger partial charge in [-0.1, -0.05) is 18.2 Å². The van der Waals surface area contributed by atoms with Crippen LogP contribution in [-0.4, -0.2) is 10.9 Å². The zero-order valence-electron chi connectivity index (χ0n) is 13.9. The highest BCUT2D eigenvalue weighted by Gasteiger charge is 2.25. The lowest BCUT2D eigenvalue weighted by Gasteiger charge is -2.24. The second-order valence-electron chi connectivity index (χ2n) is 6.61. The third kappa shape index (κ3) is 2.96. The quantitative estimate of drug-likeness (QED) is 0.673. The van der Waals surface area contributed by atoms with Gasteiger partial charge >= 0.3 is 0 Å². The Morgan fingerprint density at radius 1 is 1.12 bits per heavy atom. The maximum Gasteiger partial charge on any atom is 0.225 e. The van der Waals surface area contributed by atoms with Gasteiger partial charge in [-0.2, -0.15) is 0 Å². The molecule has 2 N–H and O–H groups in total. The molecule has 26 heavy (non-hydrogen) atoms. The molecule has 0 saturated carbocycles. The van der Waals surface area contributed by atoms with Crippen LogP contribution in [-0.2, 0) is 17.6 Å². The fourth-order valence-electron chi connectivity index (χ4n) is 3.68. The summed E-state index contributed by atoms with van der Waals surface area (Å²) in [4.78, 5) is 15.7. The van der Waals surface area contributed by atoms with E-state index in [1.807, 2.05) is 24.3 Å². The largest absolute Gasteiger partial charge is 0.356 e. The minimum Gasteiger partial charge on any atom is -0.356 e. The second-order valence-corrected chi connectivity index (χ2v) is 6.61. The van der Waals surface area contributed by atoms with E-state index >= 15 is 0 Å². The van der Waals surface area contributed by atoms with E-state index in [1.165, 1.54) is 5.56 Å². The Morgan fingerprint density at radius 3 is 2.73 bits per heavy atom. The summed E-state index contributed by atoms with van der Waals surface area (Å²) >= 11 is 0. The topological polar surface area (TPSA) is 44.9 Å². The molecule has 0 fully saturated rings. The maximum absolute atomic E-state index is 13.8. The average Bonchev–Trinajstić information content (AvgIpc) is 2.99. The van der Waals surface area contributed by atoms with E-state index in [9.17, 15) is 18.0 Å². The summed E-state index contributed by atoms with van der Waals surface area (Å²) in [5, 5.41) is 4.04. The molecule has 0 bridgehead atoms. The first kappa shape index (κ1) is 16.7. The van der Waals surface area contributed by atoms with Crippen molar-refractivity contribution in [1.29, 1.82) is 0 Å². The minimum absolute atomic E-state index is 0.158. The SMILES string of the molecule is O=C(Cc1cc(F)c(F)cc1F)N[C@@H]1CCCc2c1[nH]c1ccccc21. The number of aryl methyl sites for hydroxylation is 1. The summed E-state index contributed by atoms with van der Waals surface area (Å²) in [6.07, 6.45) is 2.30. The lowest BCUT2D eigenvalue weighted by Crippen LogP contribution is -2.32. The Hall–Kier alpha value is -2.76. The first-order chi connectivity index (χ1) is 12.5. The van der Waals surface area contributed by atoms with Crippen LogP contribution in [0.4, 0.5) is 13.2 Å². The van der Waals surface area contributed by atoms with Crippen molar-refractivity contribution in [2.75, 3.05) is 0 Å². The van der Waals surface area contributed by atoms with Crippen molar-refractivity contribution in [2.45, 2.75) is 31.7 Å². The van der Waals surface area contributed by atoms with Gasteiger partial charge in [-0.25, -0.2) is 13.2 Å². The van der Waals surface area contributed by atoms with Crippen LogP contribution in [0, 0.1) is 17.5 Å². The number of carbonyl (C=O) groups excluding carboxylic acids is 1. The molecule has 3 aromatic rings. The molecule has 1 aliphatic carbocycles. The molecule has 0 unspecified atom stereocenters. The molecule has 134 valence electrons. The van der Waals surface area contributed by atoms with Crippen LogP contribution in [0.3, 0.4) is 0 Å². The number of benzene rings is 2. The second kappa shape index (κ2) is 6.52. The van der Waals surface area contributed by atoms with Crippen LogP contribution >= 0.6 is 0 Å². The molecule has 4 rings (SSSR count). The Labute approximate surface area is 148 Å². The highest BCUT2D eigenvalue weighted by Crippen LogP contribution is 2.34. The molecule has 1 aliphatic rings. The summed E-state index contributed by atoms with van der Waals surface area (Å²) in [5.41, 5.74) is 3.02. The van der Waals surface area contributed by atoms with Crippen LogP contribution in [0.1, 0.15) is 35.7 Å². The van der Waals surface area contributed by atoms with Crippen molar-refractivity contribution in [1.82, 2.24) is 10.3 Å². The first-order valence-corrected chi connectivity index (χ1v) is 8.55. The van der Waals surface area contributed by atoms with Gasteiger partial charge in [-0.05, 0) is 37.0 Å². The fraction of sp³-hybridized carbons (Fsp3) is 0.250. The molecule has 6 heteroatoms. The van der Waals surface area contributed by atoms with Gasteiger partial charge < -0.3 is 10.3 Å². The van der Waals surface area contributed by atoms with E-state index in [-0.39, 0.29) is 18.0 Å². The molecule has 1 atom stereocenters. The van der Waals surface area contributed by atoms with Crippen molar-refractivity contribution < 1.29 is 18.0 Å². The first-order valence-electron chi connectivity index (χ1n) is 8.55. The Kier molecular flexibility index (Phi) is 4.18. The van der Waals surface area contributed by atoms with Gasteiger partial charge in [0.05, 0.1) is 12.5 Å². The van der Waals surface area contributed by atoms with Crippen molar-refractivity contribution >= 4 is 16.8 Å². The predicted molar refractivity (Wildman–Crippen MR) is 92.1 cm³/mol. The van der Waals surface area contributed by atoms with Crippen LogP contribution in [0.2, 0.25) is 0 Å². The number of H-pyrrole nitrogens is 1. The standard InChI is InChI=1S/C20H17F3N2O/c21-14-10-16(23)15(22)8-11(14)9-19(26)24-18-7-3-5-13-12-4-1-2-6-17(12)25-20(13)18/h1-2,4,6,8,10,18,25H,3,5,7,9H2,(H,24,26)/t18-/m1/s1. The highest BCUT2D eigenvalue weighted by molar-refractivity contribution is 5.86. The molecule has 0 saturated heterocycles. The van der Waals surface area contributed by atoms with Gasteiger partial charge in [0.1, 0.15) is 5.82 Å². The number of rotatable bonds is 3. The number of aromatic nitrogens is 1. The van der Waals surface area contributed by atoms with Gasteiger partial charge in [-0.3, -0.25) is 4.79 Å². The number of carbonyl (C=O) groups is 1. The van der Waals surface area contributed by atoms with Gasteiger partial charge in [-0.15, -0.1) is 0 Å². The maximum atomic E-state index is 13.8. The molecule has 0 radical (unpaired) electrons. The zero-order chi connectivity index (χ0) is 18.3. The van der Waals surface area contributed by atoms with Gasteiger partial charge in [0.25, 0.3) is 0 Å². The van der Waals surface area contributed by atoms with E-state index in [1.54, 1.807) is 0 Å². The molecule has 1 amide bonds. The number of halogens is 3. The van der Waals surface area contributed by atoms with Crippen LogP contribution in [0.5, 0.6) is 0 Å². The lowest BCUT2D eigenvalue weighted by atomic mass is 9.91. The summed E-state index contributed by atoms with van der Waals surface area (Å²) in [6, 6.07) is 8.96. The molecule has 3 nitrogen and oxygen atoms in total. The summed E-state index contributed by atoms with van der Waals surface area (Å²) in [7, 11) is 0. The van der Waals surface area contributed by atoms with E-state index < -0.39 is 23.4 Å². The van der Waals surface area contributed by atoms with E-state index in [0.29, 0.717) is 6.07 Å². The monoisotopic (exact) mass is 358 g/mol. The van der Waals surface area contributed by atoms with Gasteiger partial charge in [0, 0.05) is 28.2 Å². The third-order valence-electron chi connectivity index (χ3n) is 4.89. The Morgan fingerprint density at radius 2 is 1.88 bits per heavy atom. The van der Waals surface area contributed by atoms with Gasteiger partial charge in [0.2, 0.25) is 5.91 Å². The van der Waals surface area contributed by atoms with Gasteiger partial charge in [0.15, 0.2) is 11.6 Å².